The minimum Gasteiger partial charge on any atom is -0.497 e. The average molecular weight is 417 g/mol. The molecule has 0 radical (unpaired) electrons. The first kappa shape index (κ1) is 20.9. The van der Waals surface area contributed by atoms with Gasteiger partial charge in [0, 0.05) is 17.0 Å². The number of carbonyl (C=O) groups is 1. The summed E-state index contributed by atoms with van der Waals surface area (Å²) in [4.78, 5) is 12.1. The molecule has 0 saturated carbocycles. The smallest absolute Gasteiger partial charge is 0.374 e. The number of rotatable bonds is 7. The van der Waals surface area contributed by atoms with Gasteiger partial charge in [0.15, 0.2) is 0 Å². The molecule has 1 unspecified atom stereocenters. The molecular weight excluding hydrogens is 394 g/mol. The predicted molar refractivity (Wildman–Crippen MR) is 109 cm³/mol. The van der Waals surface area contributed by atoms with E-state index in [0.29, 0.717) is 22.3 Å². The Hall–Kier alpha value is -2.84. The van der Waals surface area contributed by atoms with E-state index in [4.69, 9.17) is 13.9 Å². The van der Waals surface area contributed by atoms with E-state index in [9.17, 15) is 13.2 Å². The Morgan fingerprint density at radius 1 is 1.17 bits per heavy atom. The lowest BCUT2D eigenvalue weighted by molar-refractivity contribution is 0.0491. The molecule has 29 heavy (non-hydrogen) atoms. The van der Waals surface area contributed by atoms with E-state index < -0.39 is 22.0 Å². The molecule has 3 rings (SSSR count). The van der Waals surface area contributed by atoms with Crippen molar-refractivity contribution < 1.29 is 27.1 Å². The van der Waals surface area contributed by atoms with Gasteiger partial charge in [0.25, 0.3) is 0 Å². The lowest BCUT2D eigenvalue weighted by atomic mass is 10.1. The predicted octanol–water partition coefficient (Wildman–Crippen LogP) is 3.97. The number of ether oxygens (including phenoxy) is 2. The Kier molecular flexibility index (Phi) is 5.95. The van der Waals surface area contributed by atoms with Crippen molar-refractivity contribution in [3.63, 3.8) is 0 Å². The number of hydrogen-bond donors (Lipinski definition) is 1. The highest BCUT2D eigenvalue weighted by atomic mass is 32.2. The van der Waals surface area contributed by atoms with Crippen LogP contribution in [0.2, 0.25) is 0 Å². The molecule has 2 aromatic carbocycles. The van der Waals surface area contributed by atoms with Crippen LogP contribution in [-0.4, -0.2) is 28.1 Å². The van der Waals surface area contributed by atoms with Gasteiger partial charge in [0.1, 0.15) is 11.3 Å². The second-order valence-electron chi connectivity index (χ2n) is 6.55. The molecule has 8 heteroatoms. The Bertz CT molecular complexity index is 1130. The van der Waals surface area contributed by atoms with Gasteiger partial charge >= 0.3 is 5.97 Å². The summed E-state index contributed by atoms with van der Waals surface area (Å²) in [7, 11) is -2.22. The number of fused-ring (bicyclic) bond motifs is 1. The Labute approximate surface area is 169 Å². The van der Waals surface area contributed by atoms with Gasteiger partial charge < -0.3 is 13.9 Å². The molecule has 0 spiro atoms. The fraction of sp³-hybridized carbons (Fsp3) is 0.286. The van der Waals surface area contributed by atoms with Crippen LogP contribution in [0.15, 0.2) is 51.8 Å². The number of benzene rings is 2. The van der Waals surface area contributed by atoms with Crippen molar-refractivity contribution >= 4 is 27.0 Å². The van der Waals surface area contributed by atoms with Crippen molar-refractivity contribution in [1.82, 2.24) is 4.72 Å². The summed E-state index contributed by atoms with van der Waals surface area (Å²) in [6, 6.07) is 11.2. The molecule has 0 bridgehead atoms. The van der Waals surface area contributed by atoms with Crippen molar-refractivity contribution in [3.05, 3.63) is 59.4 Å². The first-order chi connectivity index (χ1) is 13.8. The van der Waals surface area contributed by atoms with E-state index in [1.54, 1.807) is 52.1 Å². The van der Waals surface area contributed by atoms with Crippen LogP contribution in [0, 0.1) is 6.92 Å². The maximum atomic E-state index is 12.9. The SMILES string of the molecule is CCOC(=O)c1oc2ccc(S(=O)(=O)NC(C)c3ccc(OC)cc3)cc2c1C. The minimum atomic E-state index is -3.79. The molecule has 1 atom stereocenters. The first-order valence-corrected chi connectivity index (χ1v) is 10.6. The second kappa shape index (κ2) is 8.26. The summed E-state index contributed by atoms with van der Waals surface area (Å²) in [6.07, 6.45) is 0. The van der Waals surface area contributed by atoms with Gasteiger partial charge in [0.2, 0.25) is 15.8 Å². The van der Waals surface area contributed by atoms with Crippen molar-refractivity contribution in [3.8, 4) is 5.75 Å². The first-order valence-electron chi connectivity index (χ1n) is 9.13. The monoisotopic (exact) mass is 417 g/mol. The standard InChI is InChI=1S/C21H23NO6S/c1-5-27-21(23)20-13(2)18-12-17(10-11-19(18)28-20)29(24,25)22-14(3)15-6-8-16(26-4)9-7-15/h6-12,14,22H,5H2,1-4H3. The highest BCUT2D eigenvalue weighted by molar-refractivity contribution is 7.89. The van der Waals surface area contributed by atoms with Crippen LogP contribution < -0.4 is 9.46 Å². The molecule has 1 aromatic heterocycles. The van der Waals surface area contributed by atoms with Crippen molar-refractivity contribution in [2.24, 2.45) is 0 Å². The number of aryl methyl sites for hydroxylation is 1. The summed E-state index contributed by atoms with van der Waals surface area (Å²) < 4.78 is 44.1. The minimum absolute atomic E-state index is 0.0796. The largest absolute Gasteiger partial charge is 0.497 e. The number of carbonyl (C=O) groups excluding carboxylic acids is 1. The molecule has 7 nitrogen and oxygen atoms in total. The summed E-state index contributed by atoms with van der Waals surface area (Å²) in [5, 5.41) is 0.549. The summed E-state index contributed by atoms with van der Waals surface area (Å²) in [6.45, 7) is 5.39. The zero-order chi connectivity index (χ0) is 21.2. The maximum Gasteiger partial charge on any atom is 0.374 e. The molecule has 3 aromatic rings. The fourth-order valence-corrected chi connectivity index (χ4v) is 4.28. The van der Waals surface area contributed by atoms with Crippen molar-refractivity contribution in [2.75, 3.05) is 13.7 Å². The molecule has 0 aliphatic carbocycles. The molecule has 0 fully saturated rings. The van der Waals surface area contributed by atoms with Gasteiger partial charge in [-0.3, -0.25) is 0 Å². The van der Waals surface area contributed by atoms with Gasteiger partial charge in [0.05, 0.1) is 18.6 Å². The summed E-state index contributed by atoms with van der Waals surface area (Å²) >= 11 is 0. The van der Waals surface area contributed by atoms with Crippen LogP contribution in [0.5, 0.6) is 5.75 Å². The van der Waals surface area contributed by atoms with Gasteiger partial charge in [-0.15, -0.1) is 0 Å². The zero-order valence-corrected chi connectivity index (χ0v) is 17.5. The van der Waals surface area contributed by atoms with E-state index in [1.807, 2.05) is 0 Å². The van der Waals surface area contributed by atoms with Crippen LogP contribution in [-0.2, 0) is 14.8 Å². The summed E-state index contributed by atoms with van der Waals surface area (Å²) in [5.41, 5.74) is 1.77. The van der Waals surface area contributed by atoms with Crippen molar-refractivity contribution in [2.45, 2.75) is 31.7 Å². The van der Waals surface area contributed by atoms with E-state index in [0.717, 1.165) is 5.56 Å². The van der Waals surface area contributed by atoms with E-state index >= 15 is 0 Å². The van der Waals surface area contributed by atoms with Crippen LogP contribution in [0.1, 0.15) is 41.6 Å². The highest BCUT2D eigenvalue weighted by Gasteiger charge is 2.23. The Balaban J connectivity index is 1.89. The third kappa shape index (κ3) is 4.28. The fourth-order valence-electron chi connectivity index (χ4n) is 3.02. The van der Waals surface area contributed by atoms with E-state index in [1.165, 1.54) is 18.2 Å². The molecular formula is C21H23NO6S. The lowest BCUT2D eigenvalue weighted by Gasteiger charge is -2.15. The number of furan rings is 1. The topological polar surface area (TPSA) is 94.8 Å². The van der Waals surface area contributed by atoms with Crippen LogP contribution in [0.3, 0.4) is 0 Å². The maximum absolute atomic E-state index is 12.9. The second-order valence-corrected chi connectivity index (χ2v) is 8.26. The molecule has 154 valence electrons. The van der Waals surface area contributed by atoms with Gasteiger partial charge in [-0.25, -0.2) is 17.9 Å². The molecule has 1 heterocycles. The van der Waals surface area contributed by atoms with Crippen LogP contribution >= 0.6 is 0 Å². The average Bonchev–Trinajstić information content (AvgIpc) is 3.04. The Morgan fingerprint density at radius 2 is 1.86 bits per heavy atom. The third-order valence-electron chi connectivity index (χ3n) is 4.63. The van der Waals surface area contributed by atoms with Crippen LogP contribution in [0.4, 0.5) is 0 Å². The Morgan fingerprint density at radius 3 is 2.48 bits per heavy atom. The molecule has 0 saturated heterocycles. The van der Waals surface area contributed by atoms with Crippen molar-refractivity contribution in [1.29, 1.82) is 0 Å². The number of nitrogens with one attached hydrogen (secondary N) is 1. The molecule has 0 aliphatic rings. The molecule has 0 aliphatic heterocycles. The molecule has 1 N–H and O–H groups in total. The number of methoxy groups -OCH3 is 1. The van der Waals surface area contributed by atoms with E-state index in [-0.39, 0.29) is 17.3 Å². The van der Waals surface area contributed by atoms with Crippen LogP contribution in [0.25, 0.3) is 11.0 Å². The normalized spacial score (nSPS) is 12.7. The van der Waals surface area contributed by atoms with Gasteiger partial charge in [-0.05, 0) is 56.7 Å². The highest BCUT2D eigenvalue weighted by Crippen LogP contribution is 2.29. The van der Waals surface area contributed by atoms with Gasteiger partial charge in [-0.2, -0.15) is 0 Å². The number of sulfonamides is 1. The summed E-state index contributed by atoms with van der Waals surface area (Å²) in [5.74, 6) is 0.204. The number of hydrogen-bond acceptors (Lipinski definition) is 6. The third-order valence-corrected chi connectivity index (χ3v) is 6.16. The molecule has 0 amide bonds. The van der Waals surface area contributed by atoms with Gasteiger partial charge in [-0.1, -0.05) is 12.1 Å². The number of esters is 1. The quantitative estimate of drug-likeness (QED) is 0.585. The lowest BCUT2D eigenvalue weighted by Crippen LogP contribution is -2.26. The zero-order valence-electron chi connectivity index (χ0n) is 16.7. The van der Waals surface area contributed by atoms with E-state index in [2.05, 4.69) is 4.72 Å².